The van der Waals surface area contributed by atoms with Crippen LogP contribution in [0.25, 0.3) is 0 Å². The highest BCUT2D eigenvalue weighted by molar-refractivity contribution is 5.95. The molecule has 5 heteroatoms. The number of ketones is 1. The van der Waals surface area contributed by atoms with Crippen molar-refractivity contribution in [3.63, 3.8) is 0 Å². The summed E-state index contributed by atoms with van der Waals surface area (Å²) in [6.45, 7) is 5.35. The zero-order valence-electron chi connectivity index (χ0n) is 11.9. The van der Waals surface area contributed by atoms with Crippen LogP contribution < -0.4 is 10.6 Å². The third kappa shape index (κ3) is 2.82. The van der Waals surface area contributed by atoms with Gasteiger partial charge in [-0.25, -0.2) is 4.79 Å². The van der Waals surface area contributed by atoms with Crippen LogP contribution in [0.1, 0.15) is 37.6 Å². The fourth-order valence-electron chi connectivity index (χ4n) is 2.26. The highest BCUT2D eigenvalue weighted by atomic mass is 16.3. The van der Waals surface area contributed by atoms with Crippen molar-refractivity contribution in [1.82, 2.24) is 5.32 Å². The monoisotopic (exact) mass is 276 g/mol. The van der Waals surface area contributed by atoms with Gasteiger partial charge in [-0.15, -0.1) is 0 Å². The molecule has 1 aliphatic carbocycles. The molecule has 108 valence electrons. The number of nitrogens with one attached hydrogen (secondary N) is 2. The first-order chi connectivity index (χ1) is 9.30. The van der Waals surface area contributed by atoms with Crippen LogP contribution in [0.15, 0.2) is 24.3 Å². The summed E-state index contributed by atoms with van der Waals surface area (Å²) >= 11 is 0. The Hall–Kier alpha value is -1.88. The van der Waals surface area contributed by atoms with Gasteiger partial charge in [-0.1, -0.05) is 13.8 Å². The van der Waals surface area contributed by atoms with Gasteiger partial charge in [0, 0.05) is 22.7 Å². The number of aliphatic hydroxyl groups excluding tert-OH is 1. The lowest BCUT2D eigenvalue weighted by molar-refractivity contribution is -0.0673. The molecule has 1 fully saturated rings. The van der Waals surface area contributed by atoms with Crippen LogP contribution in [0, 0.1) is 5.41 Å². The number of carbonyl (C=O) groups is 2. The molecule has 1 saturated carbocycles. The Labute approximate surface area is 118 Å². The number of benzene rings is 1. The number of carbonyl (C=O) groups excluding carboxylic acids is 2. The highest BCUT2D eigenvalue weighted by Gasteiger charge is 2.47. The second-order valence-electron chi connectivity index (χ2n) is 5.86. The molecule has 0 bridgehead atoms. The molecule has 1 aromatic carbocycles. The summed E-state index contributed by atoms with van der Waals surface area (Å²) in [7, 11) is 0. The predicted molar refractivity (Wildman–Crippen MR) is 76.8 cm³/mol. The number of hydrogen-bond acceptors (Lipinski definition) is 3. The van der Waals surface area contributed by atoms with Crippen molar-refractivity contribution in [1.29, 1.82) is 0 Å². The summed E-state index contributed by atoms with van der Waals surface area (Å²) in [6.07, 6.45) is 0.201. The molecule has 0 radical (unpaired) electrons. The van der Waals surface area contributed by atoms with Crippen LogP contribution in [0.3, 0.4) is 0 Å². The van der Waals surface area contributed by atoms with Crippen LogP contribution >= 0.6 is 0 Å². The Balaban J connectivity index is 1.90. The lowest BCUT2D eigenvalue weighted by Crippen LogP contribution is -2.61. The van der Waals surface area contributed by atoms with Gasteiger partial charge in [-0.2, -0.15) is 0 Å². The quantitative estimate of drug-likeness (QED) is 0.740. The van der Waals surface area contributed by atoms with Crippen molar-refractivity contribution < 1.29 is 14.7 Å². The minimum absolute atomic E-state index is 0.00814. The number of hydrogen-bond donors (Lipinski definition) is 3. The summed E-state index contributed by atoms with van der Waals surface area (Å²) in [5.41, 5.74) is 0.944. The van der Waals surface area contributed by atoms with E-state index in [9.17, 15) is 14.7 Å². The molecule has 1 aliphatic rings. The molecule has 2 rings (SSSR count). The molecule has 2 unspecified atom stereocenters. The third-order valence-electron chi connectivity index (χ3n) is 4.07. The first-order valence-electron chi connectivity index (χ1n) is 6.67. The number of rotatable bonds is 3. The summed E-state index contributed by atoms with van der Waals surface area (Å²) < 4.78 is 0. The Morgan fingerprint density at radius 1 is 1.25 bits per heavy atom. The van der Waals surface area contributed by atoms with E-state index in [2.05, 4.69) is 10.6 Å². The molecule has 2 atom stereocenters. The molecular formula is C15H20N2O3. The minimum Gasteiger partial charge on any atom is -0.392 e. The second-order valence-corrected chi connectivity index (χ2v) is 5.86. The molecule has 20 heavy (non-hydrogen) atoms. The van der Waals surface area contributed by atoms with Crippen LogP contribution in [-0.4, -0.2) is 29.1 Å². The Morgan fingerprint density at radius 2 is 1.85 bits per heavy atom. The fourth-order valence-corrected chi connectivity index (χ4v) is 2.26. The van der Waals surface area contributed by atoms with Gasteiger partial charge >= 0.3 is 6.03 Å². The topological polar surface area (TPSA) is 78.4 Å². The van der Waals surface area contributed by atoms with E-state index in [-0.39, 0.29) is 29.4 Å². The molecule has 0 aliphatic heterocycles. The van der Waals surface area contributed by atoms with Gasteiger partial charge in [0.05, 0.1) is 6.10 Å². The van der Waals surface area contributed by atoms with E-state index in [0.717, 1.165) is 0 Å². The van der Waals surface area contributed by atoms with E-state index in [4.69, 9.17) is 0 Å². The third-order valence-corrected chi connectivity index (χ3v) is 4.07. The van der Waals surface area contributed by atoms with Gasteiger partial charge < -0.3 is 15.7 Å². The standard InChI is InChI=1S/C15H20N2O3/c1-9(18)10-4-6-11(7-5-10)16-14(20)17-12-8-13(19)15(12,2)3/h4-7,12-13,19H,8H2,1-3H3,(H2,16,17,20). The van der Waals surface area contributed by atoms with Gasteiger partial charge in [-0.3, -0.25) is 4.79 Å². The van der Waals surface area contributed by atoms with Gasteiger partial charge in [0.2, 0.25) is 0 Å². The van der Waals surface area contributed by atoms with E-state index >= 15 is 0 Å². The number of urea groups is 1. The molecule has 2 amide bonds. The molecule has 0 heterocycles. The molecule has 5 nitrogen and oxygen atoms in total. The lowest BCUT2D eigenvalue weighted by Gasteiger charge is -2.49. The Bertz CT molecular complexity index is 522. The van der Waals surface area contributed by atoms with Crippen molar-refractivity contribution in [2.24, 2.45) is 5.41 Å². The number of anilines is 1. The smallest absolute Gasteiger partial charge is 0.319 e. The maximum atomic E-state index is 11.9. The number of Topliss-reactive ketones (excluding diaryl/α,β-unsaturated/α-hetero) is 1. The zero-order chi connectivity index (χ0) is 14.9. The molecule has 0 aromatic heterocycles. The Kier molecular flexibility index (Phi) is 3.81. The van der Waals surface area contributed by atoms with Crippen LogP contribution in [0.2, 0.25) is 0 Å². The zero-order valence-corrected chi connectivity index (χ0v) is 11.9. The van der Waals surface area contributed by atoms with E-state index < -0.39 is 0 Å². The first kappa shape index (κ1) is 14.5. The van der Waals surface area contributed by atoms with Gasteiger partial charge in [0.15, 0.2) is 5.78 Å². The summed E-state index contributed by atoms with van der Waals surface area (Å²) in [5.74, 6) is -0.00814. The van der Waals surface area contributed by atoms with Crippen molar-refractivity contribution in [3.8, 4) is 0 Å². The molecule has 3 N–H and O–H groups in total. The van der Waals surface area contributed by atoms with Crippen molar-refractivity contribution in [2.75, 3.05) is 5.32 Å². The first-order valence-corrected chi connectivity index (χ1v) is 6.67. The normalized spacial score (nSPS) is 23.6. The number of aliphatic hydroxyl groups is 1. The average molecular weight is 276 g/mol. The average Bonchev–Trinajstić information content (AvgIpc) is 2.39. The maximum absolute atomic E-state index is 11.9. The minimum atomic E-state index is -0.373. The van der Waals surface area contributed by atoms with Crippen molar-refractivity contribution in [3.05, 3.63) is 29.8 Å². The lowest BCUT2D eigenvalue weighted by atomic mass is 9.65. The van der Waals surface area contributed by atoms with Gasteiger partial charge in [0.1, 0.15) is 0 Å². The van der Waals surface area contributed by atoms with Crippen LogP contribution in [0.5, 0.6) is 0 Å². The molecule has 1 aromatic rings. The predicted octanol–water partition coefficient (Wildman–Crippen LogP) is 2.17. The summed E-state index contributed by atoms with van der Waals surface area (Å²) in [4.78, 5) is 23.0. The summed E-state index contributed by atoms with van der Waals surface area (Å²) in [6, 6.07) is 6.40. The van der Waals surface area contributed by atoms with Crippen LogP contribution in [0.4, 0.5) is 10.5 Å². The maximum Gasteiger partial charge on any atom is 0.319 e. The van der Waals surface area contributed by atoms with E-state index in [1.54, 1.807) is 24.3 Å². The van der Waals surface area contributed by atoms with E-state index in [1.807, 2.05) is 13.8 Å². The highest BCUT2D eigenvalue weighted by Crippen LogP contribution is 2.40. The summed E-state index contributed by atoms with van der Waals surface area (Å²) in [5, 5.41) is 15.2. The van der Waals surface area contributed by atoms with Crippen LogP contribution in [-0.2, 0) is 0 Å². The van der Waals surface area contributed by atoms with Crippen molar-refractivity contribution >= 4 is 17.5 Å². The van der Waals surface area contributed by atoms with E-state index in [0.29, 0.717) is 17.7 Å². The fraction of sp³-hybridized carbons (Fsp3) is 0.467. The molecular weight excluding hydrogens is 256 g/mol. The number of amides is 2. The SMILES string of the molecule is CC(=O)c1ccc(NC(=O)NC2CC(O)C2(C)C)cc1. The van der Waals surface area contributed by atoms with Gasteiger partial charge in [0.25, 0.3) is 0 Å². The molecule has 0 spiro atoms. The largest absolute Gasteiger partial charge is 0.392 e. The van der Waals surface area contributed by atoms with Crippen molar-refractivity contribution in [2.45, 2.75) is 39.3 Å². The molecule has 0 saturated heterocycles. The second kappa shape index (κ2) is 5.25. The Morgan fingerprint density at radius 3 is 2.30 bits per heavy atom. The van der Waals surface area contributed by atoms with E-state index in [1.165, 1.54) is 6.92 Å². The van der Waals surface area contributed by atoms with Gasteiger partial charge in [-0.05, 0) is 37.6 Å².